The van der Waals surface area contributed by atoms with Crippen molar-refractivity contribution in [1.82, 2.24) is 10.6 Å². The van der Waals surface area contributed by atoms with E-state index in [-0.39, 0.29) is 12.6 Å². The first kappa shape index (κ1) is 17.6. The van der Waals surface area contributed by atoms with Gasteiger partial charge in [0.25, 0.3) is 0 Å². The van der Waals surface area contributed by atoms with Gasteiger partial charge in [-0.25, -0.2) is 4.79 Å². The molecule has 0 saturated carbocycles. The molecule has 3 N–H and O–H groups in total. The van der Waals surface area contributed by atoms with Crippen molar-refractivity contribution in [3.05, 3.63) is 34.9 Å². The van der Waals surface area contributed by atoms with E-state index in [9.17, 15) is 18.0 Å². The Morgan fingerprint density at radius 2 is 2.10 bits per heavy atom. The molecule has 0 aliphatic rings. The van der Waals surface area contributed by atoms with Crippen LogP contribution in [0.15, 0.2) is 24.3 Å². The third-order valence-corrected chi connectivity index (χ3v) is 3.01. The second-order valence-electron chi connectivity index (χ2n) is 4.52. The average molecular weight is 325 g/mol. The molecule has 2 atom stereocenters. The molecule has 0 fully saturated rings. The molecule has 0 aliphatic carbocycles. The van der Waals surface area contributed by atoms with E-state index < -0.39 is 24.7 Å². The summed E-state index contributed by atoms with van der Waals surface area (Å²) in [6.07, 6.45) is -7.71. The lowest BCUT2D eigenvalue weighted by Crippen LogP contribution is -2.40. The summed E-state index contributed by atoms with van der Waals surface area (Å²) in [7, 11) is 0. The molecule has 2 unspecified atom stereocenters. The fraction of sp³-hybridized carbons (Fsp3) is 0.462. The van der Waals surface area contributed by atoms with Crippen molar-refractivity contribution < 1.29 is 23.1 Å². The molecule has 0 spiro atoms. The molecular weight excluding hydrogens is 309 g/mol. The van der Waals surface area contributed by atoms with E-state index in [4.69, 9.17) is 16.7 Å². The molecular formula is C13H16ClF3N2O2. The molecule has 1 rings (SSSR count). The highest BCUT2D eigenvalue weighted by molar-refractivity contribution is 6.30. The van der Waals surface area contributed by atoms with Crippen LogP contribution in [0.25, 0.3) is 0 Å². The maximum atomic E-state index is 12.1. The Bertz CT molecular complexity index is 483. The molecule has 0 aliphatic heterocycles. The Morgan fingerprint density at radius 1 is 1.43 bits per heavy atom. The first-order chi connectivity index (χ1) is 9.70. The molecule has 0 aromatic heterocycles. The molecule has 118 valence electrons. The van der Waals surface area contributed by atoms with Gasteiger partial charge in [0, 0.05) is 11.6 Å². The van der Waals surface area contributed by atoms with Crippen molar-refractivity contribution in [2.45, 2.75) is 31.7 Å². The van der Waals surface area contributed by atoms with Crippen LogP contribution in [0.2, 0.25) is 5.02 Å². The molecule has 2 amide bonds. The minimum absolute atomic E-state index is 0.283. The Hall–Kier alpha value is -1.47. The number of hydrogen-bond acceptors (Lipinski definition) is 2. The third kappa shape index (κ3) is 6.22. The summed E-state index contributed by atoms with van der Waals surface area (Å²) in [6, 6.07) is 5.90. The predicted molar refractivity (Wildman–Crippen MR) is 73.1 cm³/mol. The quantitative estimate of drug-likeness (QED) is 0.779. The second kappa shape index (κ2) is 7.51. The zero-order chi connectivity index (χ0) is 16.0. The van der Waals surface area contributed by atoms with Gasteiger partial charge in [0.2, 0.25) is 0 Å². The minimum atomic E-state index is -4.67. The molecule has 0 heterocycles. The minimum Gasteiger partial charge on any atom is -0.384 e. The SMILES string of the molecule is CC(NC(=O)NCCC(O)C(F)(F)F)c1cccc(Cl)c1. The van der Waals surface area contributed by atoms with Crippen LogP contribution < -0.4 is 10.6 Å². The van der Waals surface area contributed by atoms with Crippen molar-refractivity contribution in [2.24, 2.45) is 0 Å². The lowest BCUT2D eigenvalue weighted by Gasteiger charge is -2.17. The van der Waals surface area contributed by atoms with Crippen LogP contribution >= 0.6 is 11.6 Å². The Morgan fingerprint density at radius 3 is 2.67 bits per heavy atom. The van der Waals surface area contributed by atoms with Crippen molar-refractivity contribution in [3.63, 3.8) is 0 Å². The third-order valence-electron chi connectivity index (χ3n) is 2.78. The molecule has 1 aromatic carbocycles. The summed E-state index contributed by atoms with van der Waals surface area (Å²) in [6.45, 7) is 1.44. The molecule has 0 bridgehead atoms. The molecule has 1 aromatic rings. The monoisotopic (exact) mass is 324 g/mol. The van der Waals surface area contributed by atoms with Gasteiger partial charge in [-0.15, -0.1) is 0 Å². The standard InChI is InChI=1S/C13H16ClF3N2O2/c1-8(9-3-2-4-10(14)7-9)19-12(21)18-6-5-11(20)13(15,16)17/h2-4,7-8,11,20H,5-6H2,1H3,(H2,18,19,21). The van der Waals surface area contributed by atoms with Gasteiger partial charge in [0.15, 0.2) is 6.10 Å². The fourth-order valence-corrected chi connectivity index (χ4v) is 1.79. The van der Waals surface area contributed by atoms with Gasteiger partial charge in [0.1, 0.15) is 0 Å². The Balaban J connectivity index is 2.37. The van der Waals surface area contributed by atoms with Crippen molar-refractivity contribution in [2.75, 3.05) is 6.54 Å². The number of halogens is 4. The number of amides is 2. The highest BCUT2D eigenvalue weighted by atomic mass is 35.5. The number of carbonyl (C=O) groups excluding carboxylic acids is 1. The first-order valence-electron chi connectivity index (χ1n) is 6.24. The number of carbonyl (C=O) groups is 1. The van der Waals surface area contributed by atoms with Gasteiger partial charge in [-0.1, -0.05) is 23.7 Å². The van der Waals surface area contributed by atoms with Gasteiger partial charge in [0.05, 0.1) is 6.04 Å². The van der Waals surface area contributed by atoms with Crippen LogP contribution in [0.3, 0.4) is 0 Å². The van der Waals surface area contributed by atoms with Gasteiger partial charge in [-0.3, -0.25) is 0 Å². The van der Waals surface area contributed by atoms with Crippen molar-refractivity contribution in [1.29, 1.82) is 0 Å². The number of nitrogens with one attached hydrogen (secondary N) is 2. The molecule has 0 saturated heterocycles. The zero-order valence-corrected chi connectivity index (χ0v) is 12.0. The maximum Gasteiger partial charge on any atom is 0.414 e. The van der Waals surface area contributed by atoms with Crippen LogP contribution in [0, 0.1) is 0 Å². The maximum absolute atomic E-state index is 12.1. The summed E-state index contributed by atoms with van der Waals surface area (Å²) < 4.78 is 36.2. The summed E-state index contributed by atoms with van der Waals surface area (Å²) in [4.78, 5) is 11.5. The second-order valence-corrected chi connectivity index (χ2v) is 4.96. The average Bonchev–Trinajstić information content (AvgIpc) is 2.37. The van der Waals surface area contributed by atoms with E-state index >= 15 is 0 Å². The smallest absolute Gasteiger partial charge is 0.384 e. The van der Waals surface area contributed by atoms with Gasteiger partial charge < -0.3 is 15.7 Å². The summed E-state index contributed by atoms with van der Waals surface area (Å²) in [5, 5.41) is 14.1. The van der Waals surface area contributed by atoms with E-state index in [1.54, 1.807) is 31.2 Å². The van der Waals surface area contributed by atoms with Crippen LogP contribution in [-0.4, -0.2) is 30.0 Å². The van der Waals surface area contributed by atoms with Crippen LogP contribution in [-0.2, 0) is 0 Å². The molecule has 21 heavy (non-hydrogen) atoms. The number of urea groups is 1. The predicted octanol–water partition coefficient (Wildman–Crippen LogP) is 3.01. The number of benzene rings is 1. The van der Waals surface area contributed by atoms with Crippen LogP contribution in [0.1, 0.15) is 24.9 Å². The van der Waals surface area contributed by atoms with E-state index in [0.29, 0.717) is 5.02 Å². The van der Waals surface area contributed by atoms with Gasteiger partial charge in [-0.05, 0) is 31.0 Å². The van der Waals surface area contributed by atoms with E-state index in [0.717, 1.165) is 5.56 Å². The molecule has 4 nitrogen and oxygen atoms in total. The fourth-order valence-electron chi connectivity index (χ4n) is 1.59. The first-order valence-corrected chi connectivity index (χ1v) is 6.62. The number of aliphatic hydroxyl groups is 1. The van der Waals surface area contributed by atoms with E-state index in [1.807, 2.05) is 0 Å². The molecule has 0 radical (unpaired) electrons. The molecule has 8 heteroatoms. The normalized spacial score (nSPS) is 14.4. The zero-order valence-electron chi connectivity index (χ0n) is 11.2. The van der Waals surface area contributed by atoms with E-state index in [2.05, 4.69) is 10.6 Å². The van der Waals surface area contributed by atoms with Crippen LogP contribution in [0.4, 0.5) is 18.0 Å². The lowest BCUT2D eigenvalue weighted by molar-refractivity contribution is -0.204. The van der Waals surface area contributed by atoms with Crippen molar-refractivity contribution >= 4 is 17.6 Å². The number of rotatable bonds is 5. The van der Waals surface area contributed by atoms with E-state index in [1.165, 1.54) is 0 Å². The Kier molecular flexibility index (Phi) is 6.29. The summed E-state index contributed by atoms with van der Waals surface area (Å²) >= 11 is 5.82. The van der Waals surface area contributed by atoms with Crippen LogP contribution in [0.5, 0.6) is 0 Å². The van der Waals surface area contributed by atoms with Crippen molar-refractivity contribution in [3.8, 4) is 0 Å². The summed E-state index contributed by atoms with van der Waals surface area (Å²) in [5.41, 5.74) is 0.771. The summed E-state index contributed by atoms with van der Waals surface area (Å²) in [5.74, 6) is 0. The number of alkyl halides is 3. The van der Waals surface area contributed by atoms with Gasteiger partial charge >= 0.3 is 12.2 Å². The number of aliphatic hydroxyl groups excluding tert-OH is 1. The number of hydrogen-bond donors (Lipinski definition) is 3. The highest BCUT2D eigenvalue weighted by Crippen LogP contribution is 2.21. The topological polar surface area (TPSA) is 61.4 Å². The lowest BCUT2D eigenvalue weighted by atomic mass is 10.1. The van der Waals surface area contributed by atoms with Gasteiger partial charge in [-0.2, -0.15) is 13.2 Å². The largest absolute Gasteiger partial charge is 0.414 e. The highest BCUT2D eigenvalue weighted by Gasteiger charge is 2.37. The Labute approximate surface area is 125 Å².